The van der Waals surface area contributed by atoms with Crippen molar-refractivity contribution in [3.05, 3.63) is 46.7 Å². The third kappa shape index (κ3) is 3.54. The van der Waals surface area contributed by atoms with E-state index in [1.807, 2.05) is 0 Å². The van der Waals surface area contributed by atoms with Crippen LogP contribution in [-0.4, -0.2) is 19.7 Å². The molecule has 24 heavy (non-hydrogen) atoms. The summed E-state index contributed by atoms with van der Waals surface area (Å²) in [5, 5.41) is 12.9. The molecule has 1 aromatic carbocycles. The van der Waals surface area contributed by atoms with Gasteiger partial charge in [0.25, 0.3) is 0 Å². The fraction of sp³-hybridized carbons (Fsp3) is 0.389. The minimum Gasteiger partial charge on any atom is -0.306 e. The van der Waals surface area contributed by atoms with Crippen molar-refractivity contribution in [2.75, 3.05) is 0 Å². The van der Waals surface area contributed by atoms with Crippen LogP contribution in [0.25, 0.3) is 10.6 Å². The van der Waals surface area contributed by atoms with Crippen molar-refractivity contribution < 1.29 is 0 Å². The summed E-state index contributed by atoms with van der Waals surface area (Å²) in [4.78, 5) is 4.79. The minimum atomic E-state index is 0.388. The summed E-state index contributed by atoms with van der Waals surface area (Å²) >= 11 is 3.41. The van der Waals surface area contributed by atoms with Gasteiger partial charge in [-0.1, -0.05) is 49.9 Å². The normalized spacial score (nSPS) is 11.4. The van der Waals surface area contributed by atoms with Gasteiger partial charge in [-0.3, -0.25) is 0 Å². The van der Waals surface area contributed by atoms with Gasteiger partial charge in [-0.25, -0.2) is 4.98 Å². The molecule has 0 atom stereocenters. The van der Waals surface area contributed by atoms with Crippen LogP contribution in [0.15, 0.2) is 34.8 Å². The quantitative estimate of drug-likeness (QED) is 0.572. The van der Waals surface area contributed by atoms with E-state index in [-0.39, 0.29) is 0 Å². The van der Waals surface area contributed by atoms with Gasteiger partial charge < -0.3 is 4.57 Å². The summed E-state index contributed by atoms with van der Waals surface area (Å²) in [5.41, 5.74) is 3.58. The summed E-state index contributed by atoms with van der Waals surface area (Å²) < 4.78 is 2.20. The molecule has 0 saturated carbocycles. The predicted molar refractivity (Wildman–Crippen MR) is 102 cm³/mol. The Balaban J connectivity index is 1.74. The Morgan fingerprint density at radius 1 is 1.21 bits per heavy atom. The zero-order valence-electron chi connectivity index (χ0n) is 14.5. The van der Waals surface area contributed by atoms with E-state index in [4.69, 9.17) is 4.98 Å². The largest absolute Gasteiger partial charge is 0.306 e. The average Bonchev–Trinajstić information content (AvgIpc) is 3.19. The van der Waals surface area contributed by atoms with Gasteiger partial charge in [-0.15, -0.1) is 21.5 Å². The molecule has 0 N–H and O–H groups in total. The highest BCUT2D eigenvalue weighted by molar-refractivity contribution is 7.98. The number of thiazole rings is 1. The molecule has 0 aliphatic carbocycles. The average molecular weight is 359 g/mol. The first-order chi connectivity index (χ1) is 11.6. The third-order valence-electron chi connectivity index (χ3n) is 3.85. The Bertz CT molecular complexity index is 820. The summed E-state index contributed by atoms with van der Waals surface area (Å²) in [6, 6.07) is 8.39. The van der Waals surface area contributed by atoms with Crippen LogP contribution in [0.1, 0.15) is 43.8 Å². The fourth-order valence-electron chi connectivity index (χ4n) is 2.58. The smallest absolute Gasteiger partial charge is 0.191 e. The first-order valence-corrected chi connectivity index (χ1v) is 10.0. The molecular formula is C18H22N4S2. The van der Waals surface area contributed by atoms with Crippen LogP contribution in [0.2, 0.25) is 0 Å². The molecular weight excluding hydrogens is 336 g/mol. The van der Waals surface area contributed by atoms with E-state index >= 15 is 0 Å². The Kier molecular flexibility index (Phi) is 5.36. The highest BCUT2D eigenvalue weighted by atomic mass is 32.2. The van der Waals surface area contributed by atoms with Gasteiger partial charge >= 0.3 is 0 Å². The van der Waals surface area contributed by atoms with Crippen LogP contribution in [0.5, 0.6) is 0 Å². The highest BCUT2D eigenvalue weighted by Crippen LogP contribution is 2.29. The summed E-state index contributed by atoms with van der Waals surface area (Å²) in [5.74, 6) is 2.26. The zero-order valence-corrected chi connectivity index (χ0v) is 16.1. The lowest BCUT2D eigenvalue weighted by molar-refractivity contribution is 0.613. The molecule has 0 aliphatic heterocycles. The van der Waals surface area contributed by atoms with Crippen molar-refractivity contribution >= 4 is 23.1 Å². The molecule has 0 radical (unpaired) electrons. The zero-order chi connectivity index (χ0) is 17.1. The monoisotopic (exact) mass is 358 g/mol. The molecule has 0 fully saturated rings. The van der Waals surface area contributed by atoms with Gasteiger partial charge in [0.2, 0.25) is 0 Å². The second-order valence-electron chi connectivity index (χ2n) is 5.99. The van der Waals surface area contributed by atoms with Crippen LogP contribution < -0.4 is 0 Å². The molecule has 3 rings (SSSR count). The molecule has 4 nitrogen and oxygen atoms in total. The van der Waals surface area contributed by atoms with E-state index in [2.05, 4.69) is 72.1 Å². The van der Waals surface area contributed by atoms with Crippen LogP contribution in [0, 0.1) is 6.92 Å². The number of benzene rings is 1. The standard InChI is InChI=1S/C18H22N4S2/c1-5-22-16(12(2)3)20-21-18(22)24-11-14-10-23-17(19-14)15-9-7-6-8-13(15)4/h6-10,12H,5,11H2,1-4H3. The highest BCUT2D eigenvalue weighted by Gasteiger charge is 2.15. The molecule has 2 aromatic heterocycles. The van der Waals surface area contributed by atoms with Gasteiger partial charge in [0.15, 0.2) is 5.16 Å². The van der Waals surface area contributed by atoms with Gasteiger partial charge in [0.1, 0.15) is 10.8 Å². The SMILES string of the molecule is CCn1c(SCc2csc(-c3ccccc3C)n2)nnc1C(C)C. The Morgan fingerprint density at radius 2 is 2.00 bits per heavy atom. The number of hydrogen-bond acceptors (Lipinski definition) is 5. The Hall–Kier alpha value is -1.66. The molecule has 0 saturated heterocycles. The number of thioether (sulfide) groups is 1. The number of rotatable bonds is 6. The summed E-state index contributed by atoms with van der Waals surface area (Å²) in [6.07, 6.45) is 0. The van der Waals surface area contributed by atoms with E-state index in [1.165, 1.54) is 11.1 Å². The number of aryl methyl sites for hydroxylation is 1. The van der Waals surface area contributed by atoms with Crippen LogP contribution >= 0.6 is 23.1 Å². The fourth-order valence-corrected chi connectivity index (χ4v) is 4.50. The molecule has 0 bridgehead atoms. The Labute approximate surface area is 151 Å². The topological polar surface area (TPSA) is 43.6 Å². The molecule has 3 aromatic rings. The molecule has 0 amide bonds. The van der Waals surface area contributed by atoms with Gasteiger partial charge in [0.05, 0.1) is 5.69 Å². The number of aromatic nitrogens is 4. The summed E-state index contributed by atoms with van der Waals surface area (Å²) in [6.45, 7) is 9.47. The number of nitrogens with zero attached hydrogens (tertiary/aromatic N) is 4. The second-order valence-corrected chi connectivity index (χ2v) is 7.79. The lowest BCUT2D eigenvalue weighted by atomic mass is 10.1. The van der Waals surface area contributed by atoms with Gasteiger partial charge in [-0.2, -0.15) is 0 Å². The van der Waals surface area contributed by atoms with Gasteiger partial charge in [0, 0.05) is 29.2 Å². The molecule has 6 heteroatoms. The van der Waals surface area contributed by atoms with E-state index in [0.29, 0.717) is 5.92 Å². The van der Waals surface area contributed by atoms with E-state index in [9.17, 15) is 0 Å². The molecule has 2 heterocycles. The first-order valence-electron chi connectivity index (χ1n) is 8.16. The summed E-state index contributed by atoms with van der Waals surface area (Å²) in [7, 11) is 0. The van der Waals surface area contributed by atoms with Crippen molar-refractivity contribution in [1.29, 1.82) is 0 Å². The third-order valence-corrected chi connectivity index (χ3v) is 5.78. The maximum absolute atomic E-state index is 4.79. The van der Waals surface area contributed by atoms with Crippen molar-refractivity contribution in [3.63, 3.8) is 0 Å². The lowest BCUT2D eigenvalue weighted by Gasteiger charge is -2.08. The maximum Gasteiger partial charge on any atom is 0.191 e. The van der Waals surface area contributed by atoms with Crippen LogP contribution in [0.4, 0.5) is 0 Å². The molecule has 0 aliphatic rings. The van der Waals surface area contributed by atoms with E-state index in [0.717, 1.165) is 34.0 Å². The van der Waals surface area contributed by atoms with E-state index < -0.39 is 0 Å². The van der Waals surface area contributed by atoms with Crippen LogP contribution in [-0.2, 0) is 12.3 Å². The lowest BCUT2D eigenvalue weighted by Crippen LogP contribution is -2.04. The maximum atomic E-state index is 4.79. The number of hydrogen-bond donors (Lipinski definition) is 0. The Morgan fingerprint density at radius 3 is 2.71 bits per heavy atom. The second kappa shape index (κ2) is 7.49. The molecule has 0 spiro atoms. The minimum absolute atomic E-state index is 0.388. The van der Waals surface area contributed by atoms with Crippen molar-refractivity contribution in [1.82, 2.24) is 19.7 Å². The molecule has 126 valence electrons. The van der Waals surface area contributed by atoms with Crippen molar-refractivity contribution in [2.45, 2.75) is 51.1 Å². The first kappa shape index (κ1) is 17.2. The van der Waals surface area contributed by atoms with Crippen molar-refractivity contribution in [2.24, 2.45) is 0 Å². The van der Waals surface area contributed by atoms with Crippen LogP contribution in [0.3, 0.4) is 0 Å². The van der Waals surface area contributed by atoms with Crippen molar-refractivity contribution in [3.8, 4) is 10.6 Å². The molecule has 0 unspecified atom stereocenters. The van der Waals surface area contributed by atoms with Gasteiger partial charge in [-0.05, 0) is 19.4 Å². The predicted octanol–water partition coefficient (Wildman–Crippen LogP) is 5.15. The van der Waals surface area contributed by atoms with E-state index in [1.54, 1.807) is 23.1 Å².